The van der Waals surface area contributed by atoms with Gasteiger partial charge in [-0.15, -0.1) is 0 Å². The van der Waals surface area contributed by atoms with Crippen molar-refractivity contribution in [2.75, 3.05) is 17.2 Å². The molecule has 0 bridgehead atoms. The Kier molecular flexibility index (Phi) is 3.30. The third kappa shape index (κ3) is 2.32. The van der Waals surface area contributed by atoms with E-state index in [-0.39, 0.29) is 23.2 Å². The van der Waals surface area contributed by atoms with Gasteiger partial charge in [0.1, 0.15) is 6.54 Å². The predicted molar refractivity (Wildman–Crippen MR) is 72.4 cm³/mol. The molecule has 1 aromatic rings. The molecule has 0 spiro atoms. The highest BCUT2D eigenvalue weighted by Gasteiger charge is 2.35. The molecule has 1 aromatic carbocycles. The van der Waals surface area contributed by atoms with E-state index in [0.717, 1.165) is 11.1 Å². The maximum Gasteiger partial charge on any atom is 0.323 e. The lowest BCUT2D eigenvalue weighted by molar-refractivity contribution is -0.135. The molecule has 0 aliphatic carbocycles. The lowest BCUT2D eigenvalue weighted by Gasteiger charge is -2.37. The summed E-state index contributed by atoms with van der Waals surface area (Å²) < 4.78 is 24.4. The summed E-state index contributed by atoms with van der Waals surface area (Å²) in [6.45, 7) is 5.27. The second-order valence-corrected chi connectivity index (χ2v) is 7.01. The van der Waals surface area contributed by atoms with Crippen molar-refractivity contribution in [3.05, 3.63) is 23.3 Å². The molecule has 19 heavy (non-hydrogen) atoms. The molecular formula is C13H17NO4S. The maximum absolute atomic E-state index is 12.2. The van der Waals surface area contributed by atoms with Gasteiger partial charge < -0.3 is 10.0 Å². The zero-order valence-corrected chi connectivity index (χ0v) is 12.0. The monoisotopic (exact) mass is 283 g/mol. The number of carbonyl (C=O) groups is 1. The van der Waals surface area contributed by atoms with E-state index in [1.807, 2.05) is 13.8 Å². The van der Waals surface area contributed by atoms with Gasteiger partial charge in [0, 0.05) is 6.04 Å². The number of carboxylic acid groups (broad SMARTS) is 1. The Morgan fingerprint density at radius 2 is 2.05 bits per heavy atom. The van der Waals surface area contributed by atoms with Gasteiger partial charge >= 0.3 is 5.97 Å². The van der Waals surface area contributed by atoms with E-state index in [1.54, 1.807) is 24.0 Å². The van der Waals surface area contributed by atoms with Crippen molar-refractivity contribution in [3.8, 4) is 0 Å². The van der Waals surface area contributed by atoms with Crippen LogP contribution in [0.15, 0.2) is 17.0 Å². The van der Waals surface area contributed by atoms with Crippen molar-refractivity contribution in [1.29, 1.82) is 0 Å². The van der Waals surface area contributed by atoms with Crippen LogP contribution >= 0.6 is 0 Å². The summed E-state index contributed by atoms with van der Waals surface area (Å²) in [5, 5.41) is 9.01. The third-order valence-corrected chi connectivity index (χ3v) is 5.51. The number of anilines is 1. The van der Waals surface area contributed by atoms with E-state index in [4.69, 9.17) is 5.11 Å². The molecule has 0 fully saturated rings. The van der Waals surface area contributed by atoms with Crippen molar-refractivity contribution < 1.29 is 18.3 Å². The van der Waals surface area contributed by atoms with Gasteiger partial charge in [-0.25, -0.2) is 8.42 Å². The van der Waals surface area contributed by atoms with Crippen LogP contribution < -0.4 is 4.90 Å². The van der Waals surface area contributed by atoms with Crippen LogP contribution in [0.25, 0.3) is 0 Å². The molecule has 1 aliphatic rings. The molecule has 0 amide bonds. The number of rotatable bonds is 2. The highest BCUT2D eigenvalue weighted by molar-refractivity contribution is 7.91. The number of hydrogen-bond acceptors (Lipinski definition) is 4. The van der Waals surface area contributed by atoms with Crippen LogP contribution in [0.2, 0.25) is 0 Å². The highest BCUT2D eigenvalue weighted by Crippen LogP contribution is 2.37. The summed E-state index contributed by atoms with van der Waals surface area (Å²) in [6.07, 6.45) is 0. The fraction of sp³-hybridized carbons (Fsp3) is 0.462. The molecule has 2 rings (SSSR count). The fourth-order valence-corrected chi connectivity index (χ4v) is 4.32. The lowest BCUT2D eigenvalue weighted by atomic mass is 10.1. The second-order valence-electron chi connectivity index (χ2n) is 5.01. The first kappa shape index (κ1) is 13.9. The van der Waals surface area contributed by atoms with Crippen LogP contribution in [0.3, 0.4) is 0 Å². The van der Waals surface area contributed by atoms with Crippen LogP contribution in [0.5, 0.6) is 0 Å². The van der Waals surface area contributed by atoms with Gasteiger partial charge in [0.25, 0.3) is 0 Å². The first-order valence-electron chi connectivity index (χ1n) is 6.05. The minimum atomic E-state index is -3.33. The summed E-state index contributed by atoms with van der Waals surface area (Å²) in [6, 6.07) is 3.00. The lowest BCUT2D eigenvalue weighted by Crippen LogP contribution is -2.46. The van der Waals surface area contributed by atoms with Crippen molar-refractivity contribution in [2.45, 2.75) is 31.7 Å². The zero-order valence-electron chi connectivity index (χ0n) is 11.2. The Morgan fingerprint density at radius 1 is 1.42 bits per heavy atom. The smallest absolute Gasteiger partial charge is 0.323 e. The normalized spacial score (nSPS) is 21.0. The Morgan fingerprint density at radius 3 is 2.63 bits per heavy atom. The Hall–Kier alpha value is -1.56. The first-order valence-corrected chi connectivity index (χ1v) is 7.70. The summed E-state index contributed by atoms with van der Waals surface area (Å²) in [5.74, 6) is -1.01. The predicted octanol–water partition coefficient (Wildman–Crippen LogP) is 1.37. The van der Waals surface area contributed by atoms with E-state index in [0.29, 0.717) is 5.69 Å². The molecule has 5 nitrogen and oxygen atoms in total. The molecule has 1 heterocycles. The number of hydrogen-bond donors (Lipinski definition) is 1. The Labute approximate surface area is 112 Å². The molecule has 1 N–H and O–H groups in total. The van der Waals surface area contributed by atoms with Crippen molar-refractivity contribution >= 4 is 21.5 Å². The largest absolute Gasteiger partial charge is 0.480 e. The van der Waals surface area contributed by atoms with Gasteiger partial charge in [0.15, 0.2) is 9.84 Å². The first-order chi connectivity index (χ1) is 8.74. The van der Waals surface area contributed by atoms with Gasteiger partial charge in [-0.05, 0) is 38.0 Å². The average molecular weight is 283 g/mol. The minimum Gasteiger partial charge on any atom is -0.480 e. The molecule has 1 unspecified atom stereocenters. The molecule has 104 valence electrons. The average Bonchev–Trinajstić information content (AvgIpc) is 2.27. The molecule has 1 aliphatic heterocycles. The van der Waals surface area contributed by atoms with Crippen molar-refractivity contribution in [1.82, 2.24) is 0 Å². The Bertz CT molecular complexity index is 636. The topological polar surface area (TPSA) is 74.7 Å². The molecule has 0 saturated carbocycles. The number of aryl methyl sites for hydroxylation is 1. The molecular weight excluding hydrogens is 266 g/mol. The minimum absolute atomic E-state index is 0.0459. The van der Waals surface area contributed by atoms with Crippen LogP contribution in [-0.2, 0) is 14.6 Å². The number of nitrogens with zero attached hydrogens (tertiary/aromatic N) is 1. The molecule has 0 radical (unpaired) electrons. The quantitative estimate of drug-likeness (QED) is 0.887. The molecule has 0 aromatic heterocycles. The number of benzene rings is 1. The van der Waals surface area contributed by atoms with Gasteiger partial charge in [-0.2, -0.15) is 0 Å². The van der Waals surface area contributed by atoms with Crippen LogP contribution in [-0.4, -0.2) is 37.8 Å². The third-order valence-electron chi connectivity index (χ3n) is 3.59. The van der Waals surface area contributed by atoms with Crippen molar-refractivity contribution in [2.24, 2.45) is 0 Å². The number of carboxylic acids is 1. The Balaban J connectivity index is 2.70. The van der Waals surface area contributed by atoms with E-state index in [1.165, 1.54) is 0 Å². The number of fused-ring (bicyclic) bond motifs is 1. The summed E-state index contributed by atoms with van der Waals surface area (Å²) in [7, 11) is -3.33. The van der Waals surface area contributed by atoms with Gasteiger partial charge in [-0.3, -0.25) is 4.79 Å². The molecule has 1 atom stereocenters. The SMILES string of the molecule is Cc1ccc2c(c1C)N(CC(=O)O)C(C)CS2(=O)=O. The zero-order chi connectivity index (χ0) is 14.4. The number of aliphatic carboxylic acids is 1. The van der Waals surface area contributed by atoms with Crippen molar-refractivity contribution in [3.63, 3.8) is 0 Å². The standard InChI is InChI=1S/C13H17NO4S/c1-8-4-5-11-13(10(8)3)14(6-12(15)16)9(2)7-19(11,17)18/h4-5,9H,6-7H2,1-3H3,(H,15,16). The molecule has 0 saturated heterocycles. The summed E-state index contributed by atoms with van der Waals surface area (Å²) in [5.41, 5.74) is 2.33. The highest BCUT2D eigenvalue weighted by atomic mass is 32.2. The van der Waals surface area contributed by atoms with Gasteiger partial charge in [-0.1, -0.05) is 6.07 Å². The van der Waals surface area contributed by atoms with Crippen LogP contribution in [0, 0.1) is 13.8 Å². The van der Waals surface area contributed by atoms with Gasteiger partial charge in [0.2, 0.25) is 0 Å². The van der Waals surface area contributed by atoms with E-state index < -0.39 is 15.8 Å². The van der Waals surface area contributed by atoms with E-state index in [2.05, 4.69) is 0 Å². The summed E-state index contributed by atoms with van der Waals surface area (Å²) in [4.78, 5) is 12.9. The summed E-state index contributed by atoms with van der Waals surface area (Å²) >= 11 is 0. The molecule has 6 heteroatoms. The number of sulfone groups is 1. The van der Waals surface area contributed by atoms with E-state index >= 15 is 0 Å². The van der Waals surface area contributed by atoms with E-state index in [9.17, 15) is 13.2 Å². The second kappa shape index (κ2) is 4.52. The van der Waals surface area contributed by atoms with Crippen LogP contribution in [0.4, 0.5) is 5.69 Å². The fourth-order valence-electron chi connectivity index (χ4n) is 2.48. The van der Waals surface area contributed by atoms with Crippen LogP contribution in [0.1, 0.15) is 18.1 Å². The van der Waals surface area contributed by atoms with Gasteiger partial charge in [0.05, 0.1) is 16.3 Å². The maximum atomic E-state index is 12.2.